The fourth-order valence-electron chi connectivity index (χ4n) is 1.90. The molecule has 2 N–H and O–H groups in total. The van der Waals surface area contributed by atoms with Crippen molar-refractivity contribution in [3.8, 4) is 0 Å². The van der Waals surface area contributed by atoms with Gasteiger partial charge in [-0.05, 0) is 42.4 Å². The molecule has 0 aliphatic heterocycles. The van der Waals surface area contributed by atoms with Crippen LogP contribution in [-0.4, -0.2) is 21.3 Å². The summed E-state index contributed by atoms with van der Waals surface area (Å²) in [4.78, 5) is 12.6. The van der Waals surface area contributed by atoms with E-state index in [9.17, 15) is 4.79 Å². The van der Waals surface area contributed by atoms with E-state index in [-0.39, 0.29) is 5.69 Å². The van der Waals surface area contributed by atoms with E-state index in [1.807, 2.05) is 25.1 Å². The molecular weight excluding hydrogens is 308 g/mol. The van der Waals surface area contributed by atoms with Crippen LogP contribution in [0.5, 0.6) is 0 Å². The summed E-state index contributed by atoms with van der Waals surface area (Å²) in [6, 6.07) is 5.91. The Balaban J connectivity index is 2.17. The minimum atomic E-state index is -0.172. The van der Waals surface area contributed by atoms with Crippen LogP contribution in [-0.2, 0) is 13.1 Å². The van der Waals surface area contributed by atoms with Crippen molar-refractivity contribution >= 4 is 23.4 Å². The highest BCUT2D eigenvalue weighted by molar-refractivity contribution is 7.99. The Kier molecular flexibility index (Phi) is 5.90. The first-order valence-electron chi connectivity index (χ1n) is 6.97. The smallest absolute Gasteiger partial charge is 0.313 e. The van der Waals surface area contributed by atoms with Gasteiger partial charge < -0.3 is 5.32 Å². The van der Waals surface area contributed by atoms with Crippen molar-refractivity contribution in [1.29, 1.82) is 0 Å². The van der Waals surface area contributed by atoms with Gasteiger partial charge in [-0.1, -0.05) is 31.5 Å². The van der Waals surface area contributed by atoms with Crippen LogP contribution >= 0.6 is 23.4 Å². The molecule has 1 heterocycles. The molecule has 0 aliphatic rings. The maximum absolute atomic E-state index is 11.7. The second kappa shape index (κ2) is 7.68. The van der Waals surface area contributed by atoms with Crippen molar-refractivity contribution in [2.45, 2.75) is 43.4 Å². The largest absolute Gasteiger partial charge is 0.343 e. The highest BCUT2D eigenvalue weighted by atomic mass is 35.5. The van der Waals surface area contributed by atoms with Crippen LogP contribution in [0.15, 0.2) is 33.0 Å². The van der Waals surface area contributed by atoms with Gasteiger partial charge in [0.25, 0.3) is 0 Å². The Morgan fingerprint density at radius 3 is 2.90 bits per heavy atom. The lowest BCUT2D eigenvalue weighted by Gasteiger charge is -2.08. The van der Waals surface area contributed by atoms with Gasteiger partial charge in [0.2, 0.25) is 0 Å². The monoisotopic (exact) mass is 326 g/mol. The van der Waals surface area contributed by atoms with Gasteiger partial charge >= 0.3 is 5.69 Å². The lowest BCUT2D eigenvalue weighted by Crippen LogP contribution is -2.17. The number of nitrogens with zero attached hydrogens (tertiary/aromatic N) is 2. The number of hydrogen-bond donors (Lipinski definition) is 2. The SMILES string of the molecule is CCCn1c(Sc2ccc(CNCC)c(Cl)c2)n[nH]c1=O. The molecule has 0 radical (unpaired) electrons. The van der Waals surface area contributed by atoms with Gasteiger partial charge in [-0.3, -0.25) is 4.57 Å². The third-order valence-corrected chi connectivity index (χ3v) is 4.31. The molecule has 114 valence electrons. The fraction of sp³-hybridized carbons (Fsp3) is 0.429. The van der Waals surface area contributed by atoms with E-state index < -0.39 is 0 Å². The molecule has 0 unspecified atom stereocenters. The summed E-state index contributed by atoms with van der Waals surface area (Å²) in [5.74, 6) is 0. The van der Waals surface area contributed by atoms with Gasteiger partial charge in [0.15, 0.2) is 5.16 Å². The van der Waals surface area contributed by atoms with E-state index in [1.165, 1.54) is 11.8 Å². The molecule has 0 bridgehead atoms. The van der Waals surface area contributed by atoms with Crippen LogP contribution in [0, 0.1) is 0 Å². The molecule has 0 amide bonds. The predicted octanol–water partition coefficient (Wildman–Crippen LogP) is 2.90. The number of aromatic nitrogens is 3. The molecule has 0 saturated carbocycles. The van der Waals surface area contributed by atoms with Gasteiger partial charge in [-0.15, -0.1) is 5.10 Å². The molecule has 21 heavy (non-hydrogen) atoms. The van der Waals surface area contributed by atoms with Gasteiger partial charge in [0.05, 0.1) is 0 Å². The molecule has 2 rings (SSSR count). The Bertz CT molecular complexity index is 653. The van der Waals surface area contributed by atoms with Crippen molar-refractivity contribution in [1.82, 2.24) is 20.1 Å². The van der Waals surface area contributed by atoms with Gasteiger partial charge in [0, 0.05) is 23.0 Å². The Morgan fingerprint density at radius 1 is 1.43 bits per heavy atom. The van der Waals surface area contributed by atoms with Crippen LogP contribution in [0.2, 0.25) is 5.02 Å². The van der Waals surface area contributed by atoms with E-state index in [2.05, 4.69) is 22.4 Å². The average Bonchev–Trinajstić information content (AvgIpc) is 2.80. The zero-order valence-corrected chi connectivity index (χ0v) is 13.7. The molecular formula is C14H19ClN4OS. The van der Waals surface area contributed by atoms with Crippen LogP contribution in [0.4, 0.5) is 0 Å². The molecule has 0 atom stereocenters. The molecule has 0 saturated heterocycles. The third kappa shape index (κ3) is 4.12. The maximum atomic E-state index is 11.7. The average molecular weight is 327 g/mol. The normalized spacial score (nSPS) is 11.0. The zero-order valence-electron chi connectivity index (χ0n) is 12.1. The minimum Gasteiger partial charge on any atom is -0.313 e. The summed E-state index contributed by atoms with van der Waals surface area (Å²) in [5, 5.41) is 11.2. The summed E-state index contributed by atoms with van der Waals surface area (Å²) in [6.45, 7) is 6.40. The number of aromatic amines is 1. The summed E-state index contributed by atoms with van der Waals surface area (Å²) in [7, 11) is 0. The van der Waals surface area contributed by atoms with E-state index >= 15 is 0 Å². The predicted molar refractivity (Wildman–Crippen MR) is 86.1 cm³/mol. The Morgan fingerprint density at radius 2 is 2.24 bits per heavy atom. The number of nitrogens with one attached hydrogen (secondary N) is 2. The molecule has 0 spiro atoms. The molecule has 1 aromatic heterocycles. The third-order valence-electron chi connectivity index (χ3n) is 2.97. The first-order valence-corrected chi connectivity index (χ1v) is 8.17. The summed E-state index contributed by atoms with van der Waals surface area (Å²) >= 11 is 7.72. The Hall–Kier alpha value is -1.24. The minimum absolute atomic E-state index is 0.172. The van der Waals surface area contributed by atoms with Gasteiger partial charge in [-0.2, -0.15) is 0 Å². The van der Waals surface area contributed by atoms with Crippen molar-refractivity contribution in [3.05, 3.63) is 39.3 Å². The first kappa shape index (κ1) is 16.1. The van der Waals surface area contributed by atoms with Gasteiger partial charge in [0.1, 0.15) is 0 Å². The number of rotatable bonds is 7. The topological polar surface area (TPSA) is 62.7 Å². The van der Waals surface area contributed by atoms with Crippen LogP contribution in [0.1, 0.15) is 25.8 Å². The Labute approximate surface area is 133 Å². The molecule has 2 aromatic rings. The van der Waals surface area contributed by atoms with Crippen molar-refractivity contribution in [2.24, 2.45) is 0 Å². The summed E-state index contributed by atoms with van der Waals surface area (Å²) in [5.41, 5.74) is 0.894. The van der Waals surface area contributed by atoms with Crippen LogP contribution in [0.25, 0.3) is 0 Å². The van der Waals surface area contributed by atoms with Crippen molar-refractivity contribution in [3.63, 3.8) is 0 Å². The summed E-state index contributed by atoms with van der Waals surface area (Å²) < 4.78 is 1.64. The highest BCUT2D eigenvalue weighted by Crippen LogP contribution is 2.29. The molecule has 1 aromatic carbocycles. The quantitative estimate of drug-likeness (QED) is 0.821. The number of hydrogen-bond acceptors (Lipinski definition) is 4. The second-order valence-electron chi connectivity index (χ2n) is 4.60. The first-order chi connectivity index (χ1) is 10.2. The van der Waals surface area contributed by atoms with Crippen molar-refractivity contribution in [2.75, 3.05) is 6.54 Å². The van der Waals surface area contributed by atoms with E-state index in [4.69, 9.17) is 11.6 Å². The molecule has 7 heteroatoms. The standard InChI is InChI=1S/C14H19ClN4OS/c1-3-7-19-13(20)17-18-14(19)21-11-6-5-10(9-16-4-2)12(15)8-11/h5-6,8,16H,3-4,7,9H2,1-2H3,(H,17,20). The van der Waals surface area contributed by atoms with Crippen molar-refractivity contribution < 1.29 is 0 Å². The molecule has 0 fully saturated rings. The van der Waals surface area contributed by atoms with Crippen LogP contribution in [0.3, 0.4) is 0 Å². The molecule has 5 nitrogen and oxygen atoms in total. The highest BCUT2D eigenvalue weighted by Gasteiger charge is 2.10. The zero-order chi connectivity index (χ0) is 15.2. The number of H-pyrrole nitrogens is 1. The summed E-state index contributed by atoms with van der Waals surface area (Å²) in [6.07, 6.45) is 0.884. The van der Waals surface area contributed by atoms with E-state index in [0.29, 0.717) is 11.7 Å². The fourth-order valence-corrected chi connectivity index (χ4v) is 3.11. The van der Waals surface area contributed by atoms with E-state index in [1.54, 1.807) is 4.57 Å². The lowest BCUT2D eigenvalue weighted by atomic mass is 10.2. The van der Waals surface area contributed by atoms with E-state index in [0.717, 1.165) is 35.0 Å². The maximum Gasteiger partial charge on any atom is 0.343 e. The lowest BCUT2D eigenvalue weighted by molar-refractivity contribution is 0.604. The van der Waals surface area contributed by atoms with Gasteiger partial charge in [-0.25, -0.2) is 9.89 Å². The second-order valence-corrected chi connectivity index (χ2v) is 6.05. The number of halogens is 1. The molecule has 0 aliphatic carbocycles. The van der Waals surface area contributed by atoms with Crippen LogP contribution < -0.4 is 11.0 Å². The number of benzene rings is 1.